The van der Waals surface area contributed by atoms with Gasteiger partial charge in [0.1, 0.15) is 0 Å². The number of hydrogen-bond acceptors (Lipinski definition) is 4. The van der Waals surface area contributed by atoms with E-state index in [4.69, 9.17) is 0 Å². The summed E-state index contributed by atoms with van der Waals surface area (Å²) in [6.07, 6.45) is 6.21. The van der Waals surface area contributed by atoms with Gasteiger partial charge in [0.2, 0.25) is 0 Å². The molecule has 24 heavy (non-hydrogen) atoms. The van der Waals surface area contributed by atoms with E-state index in [2.05, 4.69) is 20.7 Å². The fourth-order valence-corrected chi connectivity index (χ4v) is 2.82. The van der Waals surface area contributed by atoms with Crippen molar-refractivity contribution in [3.05, 3.63) is 41.9 Å². The molecule has 0 aliphatic carbocycles. The number of rotatable bonds is 4. The van der Waals surface area contributed by atoms with Gasteiger partial charge >= 0.3 is 0 Å². The molecule has 2 aromatic rings. The van der Waals surface area contributed by atoms with Crippen molar-refractivity contribution in [2.24, 2.45) is 0 Å². The highest BCUT2D eigenvalue weighted by Crippen LogP contribution is 2.15. The van der Waals surface area contributed by atoms with Crippen molar-refractivity contribution < 1.29 is 4.79 Å². The van der Waals surface area contributed by atoms with Gasteiger partial charge < -0.3 is 10.6 Å². The van der Waals surface area contributed by atoms with Crippen LogP contribution in [-0.4, -0.2) is 39.8 Å². The molecule has 2 aromatic heterocycles. The van der Waals surface area contributed by atoms with Crippen molar-refractivity contribution in [1.29, 1.82) is 0 Å². The maximum Gasteiger partial charge on any atom is 0.255 e. The Kier molecular flexibility index (Phi) is 8.18. The lowest BCUT2D eigenvalue weighted by molar-refractivity contribution is 0.0929. The lowest BCUT2D eigenvalue weighted by Gasteiger charge is -2.23. The Morgan fingerprint density at radius 1 is 1.42 bits per heavy atom. The van der Waals surface area contributed by atoms with Crippen LogP contribution in [0.4, 0.5) is 0 Å². The second-order valence-corrected chi connectivity index (χ2v) is 5.47. The Bertz CT molecular complexity index is 641. The number of pyridine rings is 1. The van der Waals surface area contributed by atoms with E-state index in [1.807, 2.05) is 25.1 Å². The van der Waals surface area contributed by atoms with E-state index < -0.39 is 0 Å². The second-order valence-electron chi connectivity index (χ2n) is 5.47. The van der Waals surface area contributed by atoms with E-state index in [1.165, 1.54) is 0 Å². The van der Waals surface area contributed by atoms with Gasteiger partial charge in [0, 0.05) is 18.8 Å². The zero-order valence-corrected chi connectivity index (χ0v) is 15.2. The van der Waals surface area contributed by atoms with Crippen LogP contribution in [0.25, 0.3) is 5.82 Å². The summed E-state index contributed by atoms with van der Waals surface area (Å²) in [5.41, 5.74) is 1.53. The van der Waals surface area contributed by atoms with E-state index in [-0.39, 0.29) is 36.8 Å². The number of piperidine rings is 1. The first-order chi connectivity index (χ1) is 10.8. The first-order valence-electron chi connectivity index (χ1n) is 7.79. The minimum atomic E-state index is -0.0484. The predicted molar refractivity (Wildman–Crippen MR) is 98.6 cm³/mol. The van der Waals surface area contributed by atoms with E-state index in [1.54, 1.807) is 17.1 Å². The smallest absolute Gasteiger partial charge is 0.255 e. The highest BCUT2D eigenvalue weighted by atomic mass is 35.5. The molecule has 6 nitrogen and oxygen atoms in total. The van der Waals surface area contributed by atoms with Crippen molar-refractivity contribution in [3.8, 4) is 5.82 Å². The van der Waals surface area contributed by atoms with Gasteiger partial charge in [0.25, 0.3) is 5.91 Å². The summed E-state index contributed by atoms with van der Waals surface area (Å²) in [5, 5.41) is 10.8. The molecule has 1 amide bonds. The number of nitrogens with one attached hydrogen (secondary N) is 2. The molecule has 8 heteroatoms. The molecule has 1 atom stereocenters. The third-order valence-corrected chi connectivity index (χ3v) is 3.95. The Morgan fingerprint density at radius 3 is 2.88 bits per heavy atom. The van der Waals surface area contributed by atoms with Gasteiger partial charge in [-0.05, 0) is 37.9 Å². The van der Waals surface area contributed by atoms with Crippen LogP contribution < -0.4 is 10.6 Å². The van der Waals surface area contributed by atoms with Crippen LogP contribution >= 0.6 is 24.8 Å². The zero-order chi connectivity index (χ0) is 15.4. The molecule has 3 heterocycles. The van der Waals surface area contributed by atoms with Gasteiger partial charge in [0.05, 0.1) is 17.5 Å². The van der Waals surface area contributed by atoms with Crippen LogP contribution in [-0.2, 0) is 6.42 Å². The number of carbonyl (C=O) groups is 1. The SMILES string of the molecule is CCc1c(C(=O)NC2CCCNC2)cnn1-c1ccccn1.Cl.Cl. The molecule has 0 bridgehead atoms. The van der Waals surface area contributed by atoms with Crippen molar-refractivity contribution in [3.63, 3.8) is 0 Å². The third-order valence-electron chi connectivity index (χ3n) is 3.95. The molecule has 1 saturated heterocycles. The summed E-state index contributed by atoms with van der Waals surface area (Å²) >= 11 is 0. The molecule has 132 valence electrons. The van der Waals surface area contributed by atoms with Gasteiger partial charge in [-0.3, -0.25) is 4.79 Å². The lowest BCUT2D eigenvalue weighted by Crippen LogP contribution is -2.45. The monoisotopic (exact) mass is 371 g/mol. The van der Waals surface area contributed by atoms with E-state index >= 15 is 0 Å². The number of aromatic nitrogens is 3. The maximum absolute atomic E-state index is 12.5. The van der Waals surface area contributed by atoms with E-state index in [0.29, 0.717) is 5.56 Å². The topological polar surface area (TPSA) is 71.8 Å². The highest BCUT2D eigenvalue weighted by Gasteiger charge is 2.21. The second kappa shape index (κ2) is 9.61. The summed E-state index contributed by atoms with van der Waals surface area (Å²) in [5.74, 6) is 0.686. The normalized spacial score (nSPS) is 16.6. The lowest BCUT2D eigenvalue weighted by atomic mass is 10.1. The first-order valence-corrected chi connectivity index (χ1v) is 7.79. The molecular weight excluding hydrogens is 349 g/mol. The van der Waals surface area contributed by atoms with Gasteiger partial charge in [-0.25, -0.2) is 9.67 Å². The summed E-state index contributed by atoms with van der Waals surface area (Å²) < 4.78 is 1.74. The van der Waals surface area contributed by atoms with Crippen LogP contribution in [0.5, 0.6) is 0 Å². The summed E-state index contributed by atoms with van der Waals surface area (Å²) in [6, 6.07) is 5.86. The first kappa shape index (κ1) is 20.4. The maximum atomic E-state index is 12.5. The van der Waals surface area contributed by atoms with Crippen LogP contribution in [0, 0.1) is 0 Å². The molecule has 1 fully saturated rings. The number of halogens is 2. The van der Waals surface area contributed by atoms with Crippen molar-refractivity contribution in [2.45, 2.75) is 32.2 Å². The summed E-state index contributed by atoms with van der Waals surface area (Å²) in [6.45, 7) is 3.89. The van der Waals surface area contributed by atoms with Crippen LogP contribution in [0.3, 0.4) is 0 Å². The molecule has 0 saturated carbocycles. The van der Waals surface area contributed by atoms with Crippen molar-refractivity contribution >= 4 is 30.7 Å². The highest BCUT2D eigenvalue weighted by molar-refractivity contribution is 5.95. The Labute approximate surface area is 154 Å². The number of carbonyl (C=O) groups excluding carboxylic acids is 1. The Hall–Kier alpha value is -1.63. The average Bonchev–Trinajstić information content (AvgIpc) is 3.00. The largest absolute Gasteiger partial charge is 0.348 e. The van der Waals surface area contributed by atoms with E-state index in [0.717, 1.165) is 43.9 Å². The molecule has 2 N–H and O–H groups in total. The van der Waals surface area contributed by atoms with Gasteiger partial charge in [-0.15, -0.1) is 24.8 Å². The Balaban J connectivity index is 0.00000144. The number of amides is 1. The number of hydrogen-bond donors (Lipinski definition) is 2. The van der Waals surface area contributed by atoms with Crippen molar-refractivity contribution in [2.75, 3.05) is 13.1 Å². The van der Waals surface area contributed by atoms with Crippen LogP contribution in [0.2, 0.25) is 0 Å². The molecule has 3 rings (SSSR count). The minimum Gasteiger partial charge on any atom is -0.348 e. The van der Waals surface area contributed by atoms with Gasteiger partial charge in [0.15, 0.2) is 5.82 Å². The summed E-state index contributed by atoms with van der Waals surface area (Å²) in [7, 11) is 0. The predicted octanol–water partition coefficient (Wildman–Crippen LogP) is 2.16. The average molecular weight is 372 g/mol. The van der Waals surface area contributed by atoms with Crippen molar-refractivity contribution in [1.82, 2.24) is 25.4 Å². The summed E-state index contributed by atoms with van der Waals surface area (Å²) in [4.78, 5) is 16.8. The van der Waals surface area contributed by atoms with Crippen LogP contribution in [0.1, 0.15) is 35.8 Å². The molecular formula is C16H23Cl2N5O. The Morgan fingerprint density at radius 2 is 2.25 bits per heavy atom. The fraction of sp³-hybridized carbons (Fsp3) is 0.438. The molecule has 1 aliphatic rings. The van der Waals surface area contributed by atoms with Crippen LogP contribution in [0.15, 0.2) is 30.6 Å². The zero-order valence-electron chi connectivity index (χ0n) is 13.6. The molecule has 1 aliphatic heterocycles. The van der Waals surface area contributed by atoms with E-state index in [9.17, 15) is 4.79 Å². The molecule has 0 spiro atoms. The molecule has 0 radical (unpaired) electrons. The standard InChI is InChI=1S/C16H21N5O.2ClH/c1-2-14-13(16(22)20-12-6-5-8-17-10-12)11-19-21(14)15-7-3-4-9-18-15;;/h3-4,7,9,11-12,17H,2,5-6,8,10H2,1H3,(H,20,22);2*1H. The minimum absolute atomic E-state index is 0. The fourth-order valence-electron chi connectivity index (χ4n) is 2.82. The number of nitrogens with zero attached hydrogens (tertiary/aromatic N) is 3. The quantitative estimate of drug-likeness (QED) is 0.863. The molecule has 0 aromatic carbocycles. The van der Waals surface area contributed by atoms with Gasteiger partial charge in [-0.2, -0.15) is 5.10 Å². The van der Waals surface area contributed by atoms with Gasteiger partial charge in [-0.1, -0.05) is 13.0 Å². The third kappa shape index (κ3) is 4.47. The molecule has 1 unspecified atom stereocenters.